The van der Waals surface area contributed by atoms with Crippen LogP contribution in [-0.4, -0.2) is 11.1 Å². The molecule has 0 aliphatic heterocycles. The first-order valence-corrected chi connectivity index (χ1v) is 4.55. The lowest BCUT2D eigenvalue weighted by molar-refractivity contribution is -0.131. The third-order valence-corrected chi connectivity index (χ3v) is 1.66. The number of aliphatic carboxylic acids is 1. The Morgan fingerprint density at radius 1 is 1.23 bits per heavy atom. The standard InChI is InChI=1S/C11H20O2/c1-10(2,3)8-11(4,5)7-6-9(12)13/h6-7H,8H2,1-5H3,(H,12,13). The highest BCUT2D eigenvalue weighted by molar-refractivity contribution is 5.79. The Balaban J connectivity index is 4.32. The maximum atomic E-state index is 10.3. The summed E-state index contributed by atoms with van der Waals surface area (Å²) in [5, 5.41) is 8.49. The van der Waals surface area contributed by atoms with Crippen molar-refractivity contribution in [1.29, 1.82) is 0 Å². The van der Waals surface area contributed by atoms with Crippen LogP contribution in [0, 0.1) is 10.8 Å². The zero-order valence-corrected chi connectivity index (χ0v) is 9.22. The van der Waals surface area contributed by atoms with Crippen molar-refractivity contribution in [3.63, 3.8) is 0 Å². The van der Waals surface area contributed by atoms with E-state index in [2.05, 4.69) is 34.6 Å². The molecule has 0 aromatic rings. The summed E-state index contributed by atoms with van der Waals surface area (Å²) in [6.07, 6.45) is 3.97. The van der Waals surface area contributed by atoms with Gasteiger partial charge in [-0.25, -0.2) is 4.79 Å². The molecule has 0 radical (unpaired) electrons. The molecule has 0 aliphatic carbocycles. The summed E-state index contributed by atoms with van der Waals surface area (Å²) in [6, 6.07) is 0. The summed E-state index contributed by atoms with van der Waals surface area (Å²) < 4.78 is 0. The highest BCUT2D eigenvalue weighted by Gasteiger charge is 2.22. The van der Waals surface area contributed by atoms with E-state index in [9.17, 15) is 4.79 Å². The first kappa shape index (κ1) is 12.2. The molecule has 0 unspecified atom stereocenters. The van der Waals surface area contributed by atoms with Crippen molar-refractivity contribution < 1.29 is 9.90 Å². The van der Waals surface area contributed by atoms with Gasteiger partial charge in [0.05, 0.1) is 0 Å². The molecule has 0 saturated heterocycles. The summed E-state index contributed by atoms with van der Waals surface area (Å²) >= 11 is 0. The van der Waals surface area contributed by atoms with Crippen LogP contribution in [0.5, 0.6) is 0 Å². The van der Waals surface area contributed by atoms with Crippen LogP contribution >= 0.6 is 0 Å². The molecular weight excluding hydrogens is 164 g/mol. The molecule has 0 rings (SSSR count). The van der Waals surface area contributed by atoms with Crippen molar-refractivity contribution in [3.05, 3.63) is 12.2 Å². The number of carboxylic acid groups (broad SMARTS) is 1. The van der Waals surface area contributed by atoms with Gasteiger partial charge in [0.1, 0.15) is 0 Å². The van der Waals surface area contributed by atoms with Crippen molar-refractivity contribution >= 4 is 5.97 Å². The first-order chi connectivity index (χ1) is 5.62. The molecule has 0 heterocycles. The number of allylic oxidation sites excluding steroid dienone is 1. The van der Waals surface area contributed by atoms with Crippen LogP contribution in [0.2, 0.25) is 0 Å². The Kier molecular flexibility index (Phi) is 3.71. The smallest absolute Gasteiger partial charge is 0.327 e. The molecule has 0 saturated carbocycles. The summed E-state index contributed by atoms with van der Waals surface area (Å²) in [4.78, 5) is 10.3. The van der Waals surface area contributed by atoms with Gasteiger partial charge in [-0.05, 0) is 17.3 Å². The number of carbonyl (C=O) groups is 1. The lowest BCUT2D eigenvalue weighted by atomic mass is 9.76. The summed E-state index contributed by atoms with van der Waals surface area (Å²) in [5.74, 6) is -0.873. The first-order valence-electron chi connectivity index (χ1n) is 4.55. The average Bonchev–Trinajstić information content (AvgIpc) is 1.78. The molecule has 13 heavy (non-hydrogen) atoms. The summed E-state index contributed by atoms with van der Waals surface area (Å²) in [6.45, 7) is 10.6. The van der Waals surface area contributed by atoms with Crippen LogP contribution in [0.1, 0.15) is 41.0 Å². The van der Waals surface area contributed by atoms with Gasteiger partial charge in [-0.15, -0.1) is 0 Å². The highest BCUT2D eigenvalue weighted by atomic mass is 16.4. The quantitative estimate of drug-likeness (QED) is 0.684. The summed E-state index contributed by atoms with van der Waals surface area (Å²) in [7, 11) is 0. The zero-order valence-electron chi connectivity index (χ0n) is 9.22. The van der Waals surface area contributed by atoms with Crippen LogP contribution in [0.3, 0.4) is 0 Å². The van der Waals surface area contributed by atoms with Crippen LogP contribution in [0.4, 0.5) is 0 Å². The molecule has 1 N–H and O–H groups in total. The Labute approximate surface area is 80.7 Å². The maximum Gasteiger partial charge on any atom is 0.327 e. The molecule has 2 heteroatoms. The monoisotopic (exact) mass is 184 g/mol. The zero-order chi connectivity index (χ0) is 10.7. The van der Waals surface area contributed by atoms with Gasteiger partial charge in [0.25, 0.3) is 0 Å². The van der Waals surface area contributed by atoms with Gasteiger partial charge in [0, 0.05) is 6.08 Å². The minimum atomic E-state index is -0.873. The minimum absolute atomic E-state index is 0.0450. The van der Waals surface area contributed by atoms with Gasteiger partial charge in [0.15, 0.2) is 0 Å². The molecular formula is C11H20O2. The highest BCUT2D eigenvalue weighted by Crippen LogP contribution is 2.33. The van der Waals surface area contributed by atoms with E-state index in [1.54, 1.807) is 6.08 Å². The van der Waals surface area contributed by atoms with E-state index in [0.29, 0.717) is 0 Å². The Bertz CT molecular complexity index is 207. The van der Waals surface area contributed by atoms with E-state index < -0.39 is 5.97 Å². The molecule has 0 atom stereocenters. The molecule has 0 fully saturated rings. The van der Waals surface area contributed by atoms with Crippen LogP contribution in [0.15, 0.2) is 12.2 Å². The van der Waals surface area contributed by atoms with Crippen molar-refractivity contribution in [2.24, 2.45) is 10.8 Å². The van der Waals surface area contributed by atoms with Crippen molar-refractivity contribution in [2.75, 3.05) is 0 Å². The number of carboxylic acids is 1. The Morgan fingerprint density at radius 2 is 1.69 bits per heavy atom. The second-order valence-electron chi connectivity index (χ2n) is 5.40. The van der Waals surface area contributed by atoms with Crippen LogP contribution in [0.25, 0.3) is 0 Å². The largest absolute Gasteiger partial charge is 0.478 e. The third-order valence-electron chi connectivity index (χ3n) is 1.66. The van der Waals surface area contributed by atoms with E-state index in [4.69, 9.17) is 5.11 Å². The second kappa shape index (κ2) is 3.95. The van der Waals surface area contributed by atoms with Gasteiger partial charge in [-0.1, -0.05) is 40.7 Å². The molecule has 0 spiro atoms. The molecule has 0 aliphatic rings. The minimum Gasteiger partial charge on any atom is -0.478 e. The predicted octanol–water partition coefficient (Wildman–Crippen LogP) is 3.09. The van der Waals surface area contributed by atoms with E-state index in [-0.39, 0.29) is 10.8 Å². The SMILES string of the molecule is CC(C)(C)CC(C)(C)C=CC(=O)O. The van der Waals surface area contributed by atoms with E-state index in [1.807, 2.05) is 0 Å². The lowest BCUT2D eigenvalue weighted by Gasteiger charge is -2.29. The fourth-order valence-electron chi connectivity index (χ4n) is 1.72. The van der Waals surface area contributed by atoms with Gasteiger partial charge in [-0.2, -0.15) is 0 Å². The molecule has 0 aromatic carbocycles. The van der Waals surface area contributed by atoms with Crippen molar-refractivity contribution in [3.8, 4) is 0 Å². The topological polar surface area (TPSA) is 37.3 Å². The van der Waals surface area contributed by atoms with Gasteiger partial charge >= 0.3 is 5.97 Å². The fraction of sp³-hybridized carbons (Fsp3) is 0.727. The van der Waals surface area contributed by atoms with Gasteiger partial charge in [-0.3, -0.25) is 0 Å². The molecule has 0 bridgehead atoms. The van der Waals surface area contributed by atoms with Gasteiger partial charge in [0.2, 0.25) is 0 Å². The van der Waals surface area contributed by atoms with Crippen LogP contribution < -0.4 is 0 Å². The summed E-state index contributed by atoms with van der Waals surface area (Å²) in [5.41, 5.74) is 0.184. The average molecular weight is 184 g/mol. The lowest BCUT2D eigenvalue weighted by Crippen LogP contribution is -2.18. The Hall–Kier alpha value is -0.790. The van der Waals surface area contributed by atoms with E-state index in [1.165, 1.54) is 6.08 Å². The van der Waals surface area contributed by atoms with Gasteiger partial charge < -0.3 is 5.11 Å². The fourth-order valence-corrected chi connectivity index (χ4v) is 1.72. The predicted molar refractivity (Wildman–Crippen MR) is 54.6 cm³/mol. The molecule has 0 aromatic heterocycles. The van der Waals surface area contributed by atoms with Crippen molar-refractivity contribution in [2.45, 2.75) is 41.0 Å². The number of rotatable bonds is 3. The maximum absolute atomic E-state index is 10.3. The molecule has 0 amide bonds. The molecule has 76 valence electrons. The Morgan fingerprint density at radius 3 is 2.00 bits per heavy atom. The number of hydrogen-bond acceptors (Lipinski definition) is 1. The number of hydrogen-bond donors (Lipinski definition) is 1. The molecule has 2 nitrogen and oxygen atoms in total. The normalized spacial score (nSPS) is 13.6. The van der Waals surface area contributed by atoms with Crippen molar-refractivity contribution in [1.82, 2.24) is 0 Å². The third kappa shape index (κ3) is 7.57. The van der Waals surface area contributed by atoms with E-state index in [0.717, 1.165) is 6.42 Å². The van der Waals surface area contributed by atoms with Crippen LogP contribution in [-0.2, 0) is 4.79 Å². The second-order valence-corrected chi connectivity index (χ2v) is 5.40. The van der Waals surface area contributed by atoms with E-state index >= 15 is 0 Å².